The lowest BCUT2D eigenvalue weighted by molar-refractivity contribution is -0.132. The fourth-order valence-corrected chi connectivity index (χ4v) is 4.45. The molecule has 6 heteroatoms. The number of nitrogens with one attached hydrogen (secondary N) is 1. The van der Waals surface area contributed by atoms with E-state index in [2.05, 4.69) is 12.2 Å². The number of carbonyl (C=O) groups is 2. The molecule has 23 heavy (non-hydrogen) atoms. The zero-order valence-corrected chi connectivity index (χ0v) is 14.1. The Morgan fingerprint density at radius 1 is 1.43 bits per heavy atom. The van der Waals surface area contributed by atoms with Gasteiger partial charge < -0.3 is 15.0 Å². The summed E-state index contributed by atoms with van der Waals surface area (Å²) in [5.41, 5.74) is 0.719. The predicted molar refractivity (Wildman–Crippen MR) is 87.2 cm³/mol. The molecule has 0 radical (unpaired) electrons. The summed E-state index contributed by atoms with van der Waals surface area (Å²) in [5.74, 6) is 1.73. The smallest absolute Gasteiger partial charge is 0.252 e. The molecule has 1 aliphatic carbocycles. The van der Waals surface area contributed by atoms with Gasteiger partial charge in [-0.15, -0.1) is 0 Å². The molecule has 3 fully saturated rings. The molecule has 4 rings (SSSR count). The molecule has 0 spiro atoms. The van der Waals surface area contributed by atoms with Crippen molar-refractivity contribution in [2.45, 2.75) is 19.4 Å². The van der Waals surface area contributed by atoms with Crippen molar-refractivity contribution in [3.05, 3.63) is 22.4 Å². The monoisotopic (exact) mass is 334 g/mol. The minimum absolute atomic E-state index is 0.0209. The first-order valence-corrected chi connectivity index (χ1v) is 9.28. The Morgan fingerprint density at radius 2 is 2.26 bits per heavy atom. The molecule has 2 aliphatic heterocycles. The average Bonchev–Trinajstić information content (AvgIpc) is 2.99. The number of amides is 2. The van der Waals surface area contributed by atoms with Gasteiger partial charge in [-0.2, -0.15) is 11.3 Å². The molecule has 1 aromatic rings. The van der Waals surface area contributed by atoms with Crippen LogP contribution >= 0.6 is 11.3 Å². The molecule has 0 aromatic carbocycles. The third kappa shape index (κ3) is 2.90. The van der Waals surface area contributed by atoms with Crippen molar-refractivity contribution < 1.29 is 14.3 Å². The van der Waals surface area contributed by atoms with E-state index in [1.165, 1.54) is 11.3 Å². The normalized spacial score (nSPS) is 35.2. The number of hydrogen-bond acceptors (Lipinski definition) is 4. The van der Waals surface area contributed by atoms with E-state index in [-0.39, 0.29) is 17.9 Å². The zero-order chi connectivity index (χ0) is 16.0. The molecule has 124 valence electrons. The highest BCUT2D eigenvalue weighted by atomic mass is 32.1. The number of fused-ring (bicyclic) bond motifs is 1. The van der Waals surface area contributed by atoms with Gasteiger partial charge in [0.15, 0.2) is 0 Å². The van der Waals surface area contributed by atoms with Crippen LogP contribution in [0.5, 0.6) is 0 Å². The fourth-order valence-electron chi connectivity index (χ4n) is 3.81. The summed E-state index contributed by atoms with van der Waals surface area (Å²) >= 11 is 1.52. The Morgan fingerprint density at radius 3 is 2.96 bits per heavy atom. The highest BCUT2D eigenvalue weighted by molar-refractivity contribution is 7.08. The maximum atomic E-state index is 12.4. The van der Waals surface area contributed by atoms with Gasteiger partial charge in [0.1, 0.15) is 0 Å². The molecular weight excluding hydrogens is 312 g/mol. The number of nitrogens with zero attached hydrogens (tertiary/aromatic N) is 1. The summed E-state index contributed by atoms with van der Waals surface area (Å²) in [6.45, 7) is 4.95. The average molecular weight is 334 g/mol. The quantitative estimate of drug-likeness (QED) is 0.910. The summed E-state index contributed by atoms with van der Waals surface area (Å²) in [4.78, 5) is 26.4. The summed E-state index contributed by atoms with van der Waals surface area (Å²) in [6.07, 6.45) is 1.18. The Bertz CT molecular complexity index is 603. The van der Waals surface area contributed by atoms with Crippen molar-refractivity contribution in [1.82, 2.24) is 10.2 Å². The Labute approximate surface area is 140 Å². The first-order chi connectivity index (χ1) is 11.1. The lowest BCUT2D eigenvalue weighted by atomic mass is 9.93. The van der Waals surface area contributed by atoms with Crippen molar-refractivity contribution in [1.29, 1.82) is 0 Å². The third-order valence-corrected chi connectivity index (χ3v) is 6.17. The van der Waals surface area contributed by atoms with Crippen LogP contribution in [0.2, 0.25) is 0 Å². The second-order valence-corrected chi connectivity index (χ2v) is 7.86. The molecule has 0 unspecified atom stereocenters. The molecular formula is C17H22N2O3S. The second-order valence-electron chi connectivity index (χ2n) is 7.08. The molecule has 2 amide bonds. The Balaban J connectivity index is 1.31. The van der Waals surface area contributed by atoms with E-state index in [0.29, 0.717) is 36.8 Å². The highest BCUT2D eigenvalue weighted by Gasteiger charge is 2.49. The molecule has 5 nitrogen and oxygen atoms in total. The van der Waals surface area contributed by atoms with Crippen LogP contribution in [0, 0.1) is 23.7 Å². The van der Waals surface area contributed by atoms with Gasteiger partial charge in [0, 0.05) is 48.3 Å². The van der Waals surface area contributed by atoms with Crippen molar-refractivity contribution in [3.8, 4) is 0 Å². The standard InChI is InChI=1S/C17H22N2O3S/c1-10-4-13(10)17(21)19-6-14-12(8-22-15(14)7-19)5-18-16(20)11-2-3-23-9-11/h2-3,9-10,12-15H,4-8H2,1H3,(H,18,20)/t10-,12+,13+,14-,15-/m1/s1. The summed E-state index contributed by atoms with van der Waals surface area (Å²) in [5, 5.41) is 6.77. The fraction of sp³-hybridized carbons (Fsp3) is 0.647. The van der Waals surface area contributed by atoms with Crippen molar-refractivity contribution >= 4 is 23.2 Å². The predicted octanol–water partition coefficient (Wildman–Crippen LogP) is 1.61. The van der Waals surface area contributed by atoms with E-state index >= 15 is 0 Å². The zero-order valence-electron chi connectivity index (χ0n) is 13.2. The van der Waals surface area contributed by atoms with E-state index in [9.17, 15) is 9.59 Å². The maximum absolute atomic E-state index is 12.4. The van der Waals surface area contributed by atoms with Gasteiger partial charge in [-0.3, -0.25) is 9.59 Å². The topological polar surface area (TPSA) is 58.6 Å². The molecule has 3 aliphatic rings. The van der Waals surface area contributed by atoms with E-state index in [1.54, 1.807) is 0 Å². The van der Waals surface area contributed by atoms with Gasteiger partial charge in [-0.1, -0.05) is 6.92 Å². The van der Waals surface area contributed by atoms with Gasteiger partial charge in [0.2, 0.25) is 5.91 Å². The van der Waals surface area contributed by atoms with Gasteiger partial charge in [-0.05, 0) is 23.8 Å². The minimum Gasteiger partial charge on any atom is -0.376 e. The molecule has 1 saturated carbocycles. The molecule has 5 atom stereocenters. The van der Waals surface area contributed by atoms with Crippen LogP contribution in [-0.2, 0) is 9.53 Å². The molecule has 0 bridgehead atoms. The maximum Gasteiger partial charge on any atom is 0.252 e. The van der Waals surface area contributed by atoms with Crippen LogP contribution in [0.15, 0.2) is 16.8 Å². The summed E-state index contributed by atoms with van der Waals surface area (Å²) in [7, 11) is 0. The SMILES string of the molecule is C[C@@H]1C[C@@H]1C(=O)N1C[C@@H]2[C@@H](CNC(=O)c3ccsc3)CO[C@@H]2C1. The van der Waals surface area contributed by atoms with Crippen LogP contribution < -0.4 is 5.32 Å². The minimum atomic E-state index is -0.0209. The molecule has 2 saturated heterocycles. The number of hydrogen-bond donors (Lipinski definition) is 1. The highest BCUT2D eigenvalue weighted by Crippen LogP contribution is 2.41. The van der Waals surface area contributed by atoms with Gasteiger partial charge in [-0.25, -0.2) is 0 Å². The van der Waals surface area contributed by atoms with Crippen LogP contribution in [-0.4, -0.2) is 49.1 Å². The summed E-state index contributed by atoms with van der Waals surface area (Å²) in [6, 6.07) is 1.83. The molecule has 1 aromatic heterocycles. The molecule has 1 N–H and O–H groups in total. The van der Waals surface area contributed by atoms with E-state index < -0.39 is 0 Å². The van der Waals surface area contributed by atoms with Gasteiger partial charge in [0.05, 0.1) is 12.7 Å². The van der Waals surface area contributed by atoms with E-state index in [1.807, 2.05) is 21.7 Å². The number of likely N-dealkylation sites (tertiary alicyclic amines) is 1. The van der Waals surface area contributed by atoms with Gasteiger partial charge >= 0.3 is 0 Å². The molecule has 3 heterocycles. The van der Waals surface area contributed by atoms with Crippen LogP contribution in [0.25, 0.3) is 0 Å². The first kappa shape index (κ1) is 15.1. The number of ether oxygens (including phenoxy) is 1. The van der Waals surface area contributed by atoms with Crippen LogP contribution in [0.1, 0.15) is 23.7 Å². The lowest BCUT2D eigenvalue weighted by Gasteiger charge is -2.20. The number of thiophene rings is 1. The first-order valence-electron chi connectivity index (χ1n) is 8.34. The summed E-state index contributed by atoms with van der Waals surface area (Å²) < 4.78 is 5.88. The van der Waals surface area contributed by atoms with Crippen molar-refractivity contribution in [2.75, 3.05) is 26.2 Å². The van der Waals surface area contributed by atoms with Crippen molar-refractivity contribution in [2.24, 2.45) is 23.7 Å². The van der Waals surface area contributed by atoms with Gasteiger partial charge in [0.25, 0.3) is 5.91 Å². The van der Waals surface area contributed by atoms with E-state index in [4.69, 9.17) is 4.74 Å². The van der Waals surface area contributed by atoms with E-state index in [0.717, 1.165) is 25.1 Å². The Kier molecular flexibility index (Phi) is 3.89. The van der Waals surface area contributed by atoms with Crippen molar-refractivity contribution in [3.63, 3.8) is 0 Å². The number of carbonyl (C=O) groups excluding carboxylic acids is 2. The Hall–Kier alpha value is -1.40. The number of rotatable bonds is 4. The van der Waals surface area contributed by atoms with Crippen LogP contribution in [0.4, 0.5) is 0 Å². The third-order valence-electron chi connectivity index (χ3n) is 5.49. The largest absolute Gasteiger partial charge is 0.376 e. The second kappa shape index (κ2) is 5.91. The van der Waals surface area contributed by atoms with Crippen LogP contribution in [0.3, 0.4) is 0 Å². The lowest BCUT2D eigenvalue weighted by Crippen LogP contribution is -2.35.